The van der Waals surface area contributed by atoms with Gasteiger partial charge in [-0.15, -0.1) is 0 Å². The molecule has 0 saturated heterocycles. The molecule has 2 rings (SSSR count). The summed E-state index contributed by atoms with van der Waals surface area (Å²) < 4.78 is 13.7. The minimum Gasteiger partial charge on any atom is -0.319 e. The van der Waals surface area contributed by atoms with E-state index in [4.69, 9.17) is 34.8 Å². The van der Waals surface area contributed by atoms with Gasteiger partial charge in [0.25, 0.3) is 5.91 Å². The van der Waals surface area contributed by atoms with Crippen molar-refractivity contribution in [2.45, 2.75) is 0 Å². The summed E-state index contributed by atoms with van der Waals surface area (Å²) in [6, 6.07) is 6.86. The maximum absolute atomic E-state index is 13.1. The maximum Gasteiger partial charge on any atom is 0.255 e. The van der Waals surface area contributed by atoms with E-state index in [0.29, 0.717) is 15.1 Å². The van der Waals surface area contributed by atoms with Crippen molar-refractivity contribution in [2.24, 2.45) is 0 Å². The van der Waals surface area contributed by atoms with Crippen LogP contribution >= 0.6 is 50.7 Å². The fraction of sp³-hybridized carbons (Fsp3) is 0. The number of carbonyl (C=O) groups excluding carboxylic acids is 1. The van der Waals surface area contributed by atoms with Crippen molar-refractivity contribution in [1.29, 1.82) is 0 Å². The molecule has 0 saturated carbocycles. The molecular formula is C13H6BrCl3FNO. The Kier molecular flexibility index (Phi) is 4.91. The van der Waals surface area contributed by atoms with Crippen LogP contribution < -0.4 is 5.32 Å². The van der Waals surface area contributed by atoms with Crippen molar-refractivity contribution >= 4 is 62.3 Å². The molecule has 0 spiro atoms. The zero-order valence-electron chi connectivity index (χ0n) is 9.68. The summed E-state index contributed by atoms with van der Waals surface area (Å²) >= 11 is 20.8. The summed E-state index contributed by atoms with van der Waals surface area (Å²) in [4.78, 5) is 12.1. The van der Waals surface area contributed by atoms with E-state index in [1.807, 2.05) is 0 Å². The van der Waals surface area contributed by atoms with Gasteiger partial charge in [-0.05, 0) is 30.3 Å². The third-order valence-corrected chi connectivity index (χ3v) is 3.64. The maximum atomic E-state index is 13.1. The first-order chi connectivity index (χ1) is 9.36. The van der Waals surface area contributed by atoms with Crippen LogP contribution in [0.2, 0.25) is 15.1 Å². The van der Waals surface area contributed by atoms with Crippen LogP contribution in [0.25, 0.3) is 0 Å². The van der Waals surface area contributed by atoms with E-state index in [1.54, 1.807) is 12.1 Å². The lowest BCUT2D eigenvalue weighted by atomic mass is 10.2. The number of rotatable bonds is 2. The predicted molar refractivity (Wildman–Crippen MR) is 83.5 cm³/mol. The number of hydrogen-bond acceptors (Lipinski definition) is 1. The summed E-state index contributed by atoms with van der Waals surface area (Å²) in [7, 11) is 0. The second-order valence-electron chi connectivity index (χ2n) is 3.86. The monoisotopic (exact) mass is 395 g/mol. The van der Waals surface area contributed by atoms with Crippen LogP contribution in [0.4, 0.5) is 10.1 Å². The van der Waals surface area contributed by atoms with E-state index in [2.05, 4.69) is 21.2 Å². The SMILES string of the molecule is O=C(Nc1c(Cl)cc(F)cc1Cl)c1cc(Cl)cc(Br)c1. The first-order valence-electron chi connectivity index (χ1n) is 5.29. The lowest BCUT2D eigenvalue weighted by Gasteiger charge is -2.10. The smallest absolute Gasteiger partial charge is 0.255 e. The molecule has 0 atom stereocenters. The van der Waals surface area contributed by atoms with Crippen molar-refractivity contribution < 1.29 is 9.18 Å². The molecule has 0 aliphatic heterocycles. The van der Waals surface area contributed by atoms with Crippen LogP contribution in [0.3, 0.4) is 0 Å². The average molecular weight is 397 g/mol. The zero-order chi connectivity index (χ0) is 14.9. The molecule has 0 bridgehead atoms. The van der Waals surface area contributed by atoms with Gasteiger partial charge in [0.1, 0.15) is 5.82 Å². The highest BCUT2D eigenvalue weighted by molar-refractivity contribution is 9.10. The van der Waals surface area contributed by atoms with Gasteiger partial charge in [-0.3, -0.25) is 4.79 Å². The van der Waals surface area contributed by atoms with Gasteiger partial charge in [0.2, 0.25) is 0 Å². The number of amides is 1. The Morgan fingerprint density at radius 1 is 1.05 bits per heavy atom. The Bertz CT molecular complexity index is 650. The molecule has 2 aromatic rings. The minimum atomic E-state index is -0.580. The van der Waals surface area contributed by atoms with E-state index in [9.17, 15) is 9.18 Å². The Morgan fingerprint density at radius 3 is 2.20 bits per heavy atom. The van der Waals surface area contributed by atoms with Crippen molar-refractivity contribution in [2.75, 3.05) is 5.32 Å². The molecule has 0 radical (unpaired) electrons. The van der Waals surface area contributed by atoms with Crippen LogP contribution in [-0.4, -0.2) is 5.91 Å². The molecule has 2 nitrogen and oxygen atoms in total. The summed E-state index contributed by atoms with van der Waals surface area (Å²) in [5.74, 6) is -1.04. The van der Waals surface area contributed by atoms with Crippen molar-refractivity contribution in [3.63, 3.8) is 0 Å². The second-order valence-corrected chi connectivity index (χ2v) is 6.02. The fourth-order valence-corrected chi connectivity index (χ4v) is 2.95. The summed E-state index contributed by atoms with van der Waals surface area (Å²) in [6.07, 6.45) is 0. The lowest BCUT2D eigenvalue weighted by Crippen LogP contribution is -2.12. The fourth-order valence-electron chi connectivity index (χ4n) is 1.53. The van der Waals surface area contributed by atoms with Gasteiger partial charge in [-0.1, -0.05) is 50.7 Å². The molecule has 0 aliphatic rings. The Morgan fingerprint density at radius 2 is 1.65 bits per heavy atom. The number of nitrogens with one attached hydrogen (secondary N) is 1. The first kappa shape index (κ1) is 15.6. The van der Waals surface area contributed by atoms with E-state index in [-0.39, 0.29) is 15.7 Å². The highest BCUT2D eigenvalue weighted by atomic mass is 79.9. The van der Waals surface area contributed by atoms with Gasteiger partial charge in [0.15, 0.2) is 0 Å². The van der Waals surface area contributed by atoms with Crippen molar-refractivity contribution in [1.82, 2.24) is 0 Å². The molecule has 0 aromatic heterocycles. The molecule has 20 heavy (non-hydrogen) atoms. The molecule has 0 unspecified atom stereocenters. The molecule has 0 heterocycles. The molecule has 0 aliphatic carbocycles. The second kappa shape index (κ2) is 6.31. The highest BCUT2D eigenvalue weighted by Crippen LogP contribution is 2.32. The van der Waals surface area contributed by atoms with Crippen LogP contribution in [0, 0.1) is 5.82 Å². The third-order valence-electron chi connectivity index (χ3n) is 2.37. The van der Waals surface area contributed by atoms with E-state index >= 15 is 0 Å². The number of carbonyl (C=O) groups is 1. The summed E-state index contributed by atoms with van der Waals surface area (Å²) in [6.45, 7) is 0. The van der Waals surface area contributed by atoms with Crippen LogP contribution in [-0.2, 0) is 0 Å². The molecule has 104 valence electrons. The minimum absolute atomic E-state index is 0.0180. The van der Waals surface area contributed by atoms with Gasteiger partial charge >= 0.3 is 0 Å². The van der Waals surface area contributed by atoms with Crippen LogP contribution in [0.5, 0.6) is 0 Å². The zero-order valence-corrected chi connectivity index (χ0v) is 13.5. The molecule has 2 aromatic carbocycles. The van der Waals surface area contributed by atoms with Gasteiger partial charge in [0.05, 0.1) is 15.7 Å². The molecule has 7 heteroatoms. The summed E-state index contributed by atoms with van der Waals surface area (Å²) in [5.41, 5.74) is 0.469. The standard InChI is InChI=1S/C13H6BrCl3FNO/c14-7-1-6(2-8(15)3-7)13(20)19-12-10(16)4-9(18)5-11(12)17/h1-5H,(H,19,20). The Balaban J connectivity index is 2.32. The molecule has 1 amide bonds. The quantitative estimate of drug-likeness (QED) is 0.682. The number of benzene rings is 2. The topological polar surface area (TPSA) is 29.1 Å². The van der Waals surface area contributed by atoms with E-state index in [1.165, 1.54) is 6.07 Å². The van der Waals surface area contributed by atoms with E-state index < -0.39 is 11.7 Å². The highest BCUT2D eigenvalue weighted by Gasteiger charge is 2.14. The molecule has 0 fully saturated rings. The largest absolute Gasteiger partial charge is 0.319 e. The number of hydrogen-bond donors (Lipinski definition) is 1. The van der Waals surface area contributed by atoms with Crippen molar-refractivity contribution in [3.8, 4) is 0 Å². The summed E-state index contributed by atoms with van der Waals surface area (Å²) in [5, 5.41) is 2.97. The predicted octanol–water partition coefficient (Wildman–Crippen LogP) is 5.80. The normalized spacial score (nSPS) is 10.4. The van der Waals surface area contributed by atoms with Gasteiger partial charge < -0.3 is 5.32 Å². The van der Waals surface area contributed by atoms with Crippen LogP contribution in [0.1, 0.15) is 10.4 Å². The molecule has 1 N–H and O–H groups in total. The first-order valence-corrected chi connectivity index (χ1v) is 7.21. The number of halogens is 5. The Labute approximate surface area is 138 Å². The lowest BCUT2D eigenvalue weighted by molar-refractivity contribution is 0.102. The van der Waals surface area contributed by atoms with Crippen LogP contribution in [0.15, 0.2) is 34.8 Å². The third kappa shape index (κ3) is 3.64. The van der Waals surface area contributed by atoms with Gasteiger partial charge in [-0.2, -0.15) is 0 Å². The van der Waals surface area contributed by atoms with Gasteiger partial charge in [-0.25, -0.2) is 4.39 Å². The average Bonchev–Trinajstić information content (AvgIpc) is 2.32. The molecular weight excluding hydrogens is 391 g/mol. The Hall–Kier alpha value is -0.810. The van der Waals surface area contributed by atoms with Gasteiger partial charge in [0, 0.05) is 15.1 Å². The number of anilines is 1. The van der Waals surface area contributed by atoms with Crippen molar-refractivity contribution in [3.05, 3.63) is 61.3 Å². The van der Waals surface area contributed by atoms with E-state index in [0.717, 1.165) is 12.1 Å².